The van der Waals surface area contributed by atoms with Crippen LogP contribution >= 0.6 is 15.9 Å². The van der Waals surface area contributed by atoms with Gasteiger partial charge in [-0.1, -0.05) is 15.9 Å². The lowest BCUT2D eigenvalue weighted by Gasteiger charge is -2.22. The highest BCUT2D eigenvalue weighted by atomic mass is 79.9. The van der Waals surface area contributed by atoms with Crippen molar-refractivity contribution in [2.45, 2.75) is 26.3 Å². The van der Waals surface area contributed by atoms with Gasteiger partial charge in [0.15, 0.2) is 5.76 Å². The summed E-state index contributed by atoms with van der Waals surface area (Å²) in [7, 11) is 0. The largest absolute Gasteiger partial charge is 0.481 e. The molecule has 1 fully saturated rings. The van der Waals surface area contributed by atoms with Gasteiger partial charge in [-0.3, -0.25) is 9.59 Å². The molecule has 2 heterocycles. The molecule has 1 aromatic carbocycles. The summed E-state index contributed by atoms with van der Waals surface area (Å²) in [5.74, 6) is -1.30. The predicted molar refractivity (Wildman–Crippen MR) is 84.9 cm³/mol. The molecule has 116 valence electrons. The number of carboxylic acid groups (broad SMARTS) is 1. The first-order valence-corrected chi connectivity index (χ1v) is 7.92. The van der Waals surface area contributed by atoms with Crippen molar-refractivity contribution in [2.24, 2.45) is 5.92 Å². The zero-order valence-corrected chi connectivity index (χ0v) is 13.9. The Kier molecular flexibility index (Phi) is 3.72. The molecule has 0 radical (unpaired) electrons. The Morgan fingerprint density at radius 3 is 2.77 bits per heavy atom. The summed E-state index contributed by atoms with van der Waals surface area (Å²) >= 11 is 3.41. The number of hydrogen-bond donors (Lipinski definition) is 1. The molecule has 1 amide bonds. The van der Waals surface area contributed by atoms with Crippen LogP contribution < -0.4 is 0 Å². The maximum Gasteiger partial charge on any atom is 0.308 e. The van der Waals surface area contributed by atoms with E-state index >= 15 is 0 Å². The van der Waals surface area contributed by atoms with Gasteiger partial charge in [0.1, 0.15) is 5.58 Å². The summed E-state index contributed by atoms with van der Waals surface area (Å²) in [6.07, 6.45) is 0.479. The van der Waals surface area contributed by atoms with E-state index in [0.29, 0.717) is 24.3 Å². The summed E-state index contributed by atoms with van der Waals surface area (Å²) in [5, 5.41) is 10.1. The number of furan rings is 1. The molecule has 6 heteroatoms. The number of benzene rings is 1. The number of carbonyl (C=O) groups is 2. The van der Waals surface area contributed by atoms with Gasteiger partial charge in [-0.05, 0) is 38.5 Å². The fourth-order valence-electron chi connectivity index (χ4n) is 3.08. The quantitative estimate of drug-likeness (QED) is 0.884. The minimum absolute atomic E-state index is 0.235. The van der Waals surface area contributed by atoms with Crippen LogP contribution in [0.5, 0.6) is 0 Å². The van der Waals surface area contributed by atoms with Crippen molar-refractivity contribution < 1.29 is 19.1 Å². The van der Waals surface area contributed by atoms with Gasteiger partial charge < -0.3 is 14.4 Å². The maximum absolute atomic E-state index is 12.7. The number of amides is 1. The van der Waals surface area contributed by atoms with E-state index in [0.717, 1.165) is 15.4 Å². The van der Waals surface area contributed by atoms with Crippen LogP contribution in [0.3, 0.4) is 0 Å². The molecule has 2 unspecified atom stereocenters. The number of nitrogens with zero attached hydrogens (tertiary/aromatic N) is 1. The summed E-state index contributed by atoms with van der Waals surface area (Å²) in [5.41, 5.74) is 1.44. The van der Waals surface area contributed by atoms with E-state index in [1.807, 2.05) is 25.1 Å². The summed E-state index contributed by atoms with van der Waals surface area (Å²) in [4.78, 5) is 25.5. The highest BCUT2D eigenvalue weighted by molar-refractivity contribution is 9.10. The van der Waals surface area contributed by atoms with Crippen molar-refractivity contribution in [3.05, 3.63) is 34.0 Å². The van der Waals surface area contributed by atoms with Crippen LogP contribution in [0.4, 0.5) is 0 Å². The SMILES string of the molecule is Cc1c(C(=O)N2CCC(C(=O)O)C2C)oc2ccc(Br)cc12. The summed E-state index contributed by atoms with van der Waals surface area (Å²) in [6, 6.07) is 5.26. The number of halogens is 1. The van der Waals surface area contributed by atoms with Crippen molar-refractivity contribution in [1.82, 2.24) is 4.90 Å². The van der Waals surface area contributed by atoms with Gasteiger partial charge in [-0.15, -0.1) is 0 Å². The Morgan fingerprint density at radius 1 is 1.41 bits per heavy atom. The standard InChI is InChI=1S/C16H16BrNO4/c1-8-12-7-10(17)3-4-13(12)22-14(8)15(19)18-6-5-11(9(18)2)16(20)21/h3-4,7,9,11H,5-6H2,1-2H3,(H,20,21). The first kappa shape index (κ1) is 15.1. The third-order valence-corrected chi connectivity index (χ3v) is 4.92. The van der Waals surface area contributed by atoms with E-state index in [2.05, 4.69) is 15.9 Å². The van der Waals surface area contributed by atoms with Gasteiger partial charge in [-0.2, -0.15) is 0 Å². The van der Waals surface area contributed by atoms with Gasteiger partial charge in [0.25, 0.3) is 5.91 Å². The van der Waals surface area contributed by atoms with E-state index in [1.165, 1.54) is 0 Å². The molecule has 0 aliphatic carbocycles. The molecule has 1 aromatic heterocycles. The molecule has 3 rings (SSSR count). The van der Waals surface area contributed by atoms with Crippen LogP contribution in [0.15, 0.2) is 27.1 Å². The second-order valence-corrected chi connectivity index (χ2v) is 6.58. The second kappa shape index (κ2) is 5.43. The Bertz CT molecular complexity index is 767. The average molecular weight is 366 g/mol. The summed E-state index contributed by atoms with van der Waals surface area (Å²) < 4.78 is 6.63. The molecule has 5 nitrogen and oxygen atoms in total. The Hall–Kier alpha value is -1.82. The van der Waals surface area contributed by atoms with Crippen molar-refractivity contribution >= 4 is 38.8 Å². The van der Waals surface area contributed by atoms with Crippen molar-refractivity contribution in [2.75, 3.05) is 6.54 Å². The van der Waals surface area contributed by atoms with Gasteiger partial charge >= 0.3 is 5.97 Å². The lowest BCUT2D eigenvalue weighted by Crippen LogP contribution is -2.37. The van der Waals surface area contributed by atoms with E-state index in [1.54, 1.807) is 11.8 Å². The topological polar surface area (TPSA) is 70.8 Å². The van der Waals surface area contributed by atoms with Crippen molar-refractivity contribution in [1.29, 1.82) is 0 Å². The number of hydrogen-bond acceptors (Lipinski definition) is 3. The molecule has 22 heavy (non-hydrogen) atoms. The molecular formula is C16H16BrNO4. The lowest BCUT2D eigenvalue weighted by atomic mass is 10.0. The smallest absolute Gasteiger partial charge is 0.308 e. The number of carbonyl (C=O) groups excluding carboxylic acids is 1. The third-order valence-electron chi connectivity index (χ3n) is 4.43. The maximum atomic E-state index is 12.7. The highest BCUT2D eigenvalue weighted by Crippen LogP contribution is 2.31. The molecule has 2 aromatic rings. The van der Waals surface area contributed by atoms with Gasteiger partial charge in [0.05, 0.1) is 5.92 Å². The fourth-order valence-corrected chi connectivity index (χ4v) is 3.45. The van der Waals surface area contributed by atoms with Crippen LogP contribution in [-0.4, -0.2) is 34.5 Å². The molecular weight excluding hydrogens is 350 g/mol. The van der Waals surface area contributed by atoms with Gasteiger partial charge in [0.2, 0.25) is 0 Å². The zero-order valence-electron chi connectivity index (χ0n) is 12.3. The fraction of sp³-hybridized carbons (Fsp3) is 0.375. The third kappa shape index (κ3) is 2.31. The van der Waals surface area contributed by atoms with E-state index in [-0.39, 0.29) is 11.9 Å². The molecule has 1 saturated heterocycles. The Balaban J connectivity index is 1.96. The number of aryl methyl sites for hydroxylation is 1. The Labute approximate surface area is 136 Å². The zero-order chi connectivity index (χ0) is 16.0. The minimum Gasteiger partial charge on any atom is -0.481 e. The first-order valence-electron chi connectivity index (χ1n) is 7.12. The average Bonchev–Trinajstić information content (AvgIpc) is 3.00. The first-order chi connectivity index (χ1) is 10.4. The number of likely N-dealkylation sites (tertiary alicyclic amines) is 1. The van der Waals surface area contributed by atoms with Crippen LogP contribution in [-0.2, 0) is 4.79 Å². The van der Waals surface area contributed by atoms with E-state index in [9.17, 15) is 14.7 Å². The predicted octanol–water partition coefficient (Wildman–Crippen LogP) is 3.44. The van der Waals surface area contributed by atoms with Crippen molar-refractivity contribution in [3.8, 4) is 0 Å². The van der Waals surface area contributed by atoms with Crippen LogP contribution in [0, 0.1) is 12.8 Å². The Morgan fingerprint density at radius 2 is 2.14 bits per heavy atom. The molecule has 1 N–H and O–H groups in total. The molecule has 0 saturated carbocycles. The lowest BCUT2D eigenvalue weighted by molar-refractivity contribution is -0.142. The summed E-state index contributed by atoms with van der Waals surface area (Å²) in [6.45, 7) is 4.07. The number of aliphatic carboxylic acids is 1. The van der Waals surface area contributed by atoms with Gasteiger partial charge in [-0.25, -0.2) is 0 Å². The van der Waals surface area contributed by atoms with E-state index in [4.69, 9.17) is 4.42 Å². The molecule has 0 spiro atoms. The van der Waals surface area contributed by atoms with Crippen LogP contribution in [0.25, 0.3) is 11.0 Å². The van der Waals surface area contributed by atoms with Crippen molar-refractivity contribution in [3.63, 3.8) is 0 Å². The molecule has 1 aliphatic rings. The number of carboxylic acids is 1. The molecule has 0 bridgehead atoms. The van der Waals surface area contributed by atoms with Gasteiger partial charge in [0, 0.05) is 28.0 Å². The number of fused-ring (bicyclic) bond motifs is 1. The second-order valence-electron chi connectivity index (χ2n) is 5.67. The minimum atomic E-state index is -0.854. The monoisotopic (exact) mass is 365 g/mol. The van der Waals surface area contributed by atoms with Crippen LogP contribution in [0.2, 0.25) is 0 Å². The normalized spacial score (nSPS) is 21.5. The number of rotatable bonds is 2. The van der Waals surface area contributed by atoms with Crippen LogP contribution in [0.1, 0.15) is 29.5 Å². The van der Waals surface area contributed by atoms with E-state index < -0.39 is 11.9 Å². The molecule has 1 aliphatic heterocycles. The molecule has 2 atom stereocenters. The highest BCUT2D eigenvalue weighted by Gasteiger charge is 2.39.